The highest BCUT2D eigenvalue weighted by Crippen LogP contribution is 2.33. The van der Waals surface area contributed by atoms with Gasteiger partial charge in [-0.15, -0.1) is 0 Å². The van der Waals surface area contributed by atoms with Crippen molar-refractivity contribution in [2.45, 2.75) is 52.5 Å². The lowest BCUT2D eigenvalue weighted by atomic mass is 10.1. The van der Waals surface area contributed by atoms with Gasteiger partial charge in [-0.1, -0.05) is 38.3 Å². The summed E-state index contributed by atoms with van der Waals surface area (Å²) >= 11 is 6.48. The molecular formula is C21H25ClN4O2. The molecule has 2 heterocycles. The minimum atomic E-state index is -0.0927. The fraction of sp³-hybridized carbons (Fsp3) is 0.429. The molecular weight excluding hydrogens is 376 g/mol. The summed E-state index contributed by atoms with van der Waals surface area (Å²) in [5, 5.41) is 0.509. The summed E-state index contributed by atoms with van der Waals surface area (Å²) in [6.07, 6.45) is 5.27. The van der Waals surface area contributed by atoms with Gasteiger partial charge in [0.15, 0.2) is 5.65 Å². The molecule has 0 saturated heterocycles. The maximum atomic E-state index is 13.0. The Morgan fingerprint density at radius 3 is 2.50 bits per heavy atom. The van der Waals surface area contributed by atoms with Gasteiger partial charge in [0.25, 0.3) is 5.56 Å². The number of ether oxygens (including phenoxy) is 1. The molecule has 7 heteroatoms. The van der Waals surface area contributed by atoms with Crippen LogP contribution in [0.2, 0.25) is 5.02 Å². The van der Waals surface area contributed by atoms with Crippen molar-refractivity contribution in [2.24, 2.45) is 0 Å². The van der Waals surface area contributed by atoms with Crippen LogP contribution < -0.4 is 10.3 Å². The van der Waals surface area contributed by atoms with Crippen molar-refractivity contribution in [1.29, 1.82) is 0 Å². The first-order chi connectivity index (χ1) is 13.5. The molecule has 0 radical (unpaired) electrons. The number of aryl methyl sites for hydroxylation is 1. The van der Waals surface area contributed by atoms with Crippen LogP contribution in [-0.2, 0) is 0 Å². The third kappa shape index (κ3) is 3.74. The second-order valence-electron chi connectivity index (χ2n) is 6.84. The zero-order valence-electron chi connectivity index (χ0n) is 16.7. The third-order valence-corrected chi connectivity index (χ3v) is 5.19. The van der Waals surface area contributed by atoms with E-state index in [4.69, 9.17) is 16.3 Å². The lowest BCUT2D eigenvalue weighted by Gasteiger charge is -2.21. The second-order valence-corrected chi connectivity index (χ2v) is 7.25. The first-order valence-corrected chi connectivity index (χ1v) is 9.97. The number of benzene rings is 1. The summed E-state index contributed by atoms with van der Waals surface area (Å²) in [7, 11) is 1.59. The Hall–Kier alpha value is -2.47. The molecule has 28 heavy (non-hydrogen) atoms. The van der Waals surface area contributed by atoms with Gasteiger partial charge in [0, 0.05) is 11.6 Å². The fourth-order valence-electron chi connectivity index (χ4n) is 3.55. The minimum absolute atomic E-state index is 0.0841. The van der Waals surface area contributed by atoms with Gasteiger partial charge < -0.3 is 4.74 Å². The molecule has 0 saturated carbocycles. The standard InChI is InChI=1S/C21H25ClN4O2/c1-5-7-14(8-6-2)26-20-19(25-13(3)21(26)27)18(23-12-24-20)16-10-9-15(28-4)11-17(16)22/h9-12,14H,5-8H2,1-4H3. The highest BCUT2D eigenvalue weighted by molar-refractivity contribution is 6.33. The van der Waals surface area contributed by atoms with Crippen LogP contribution in [-0.4, -0.2) is 26.6 Å². The third-order valence-electron chi connectivity index (χ3n) is 4.88. The molecule has 6 nitrogen and oxygen atoms in total. The van der Waals surface area contributed by atoms with Gasteiger partial charge in [0.2, 0.25) is 0 Å². The van der Waals surface area contributed by atoms with Crippen molar-refractivity contribution >= 4 is 22.8 Å². The zero-order valence-corrected chi connectivity index (χ0v) is 17.5. The number of fused-ring (bicyclic) bond motifs is 1. The molecule has 0 unspecified atom stereocenters. The van der Waals surface area contributed by atoms with E-state index in [9.17, 15) is 4.79 Å². The van der Waals surface area contributed by atoms with Crippen LogP contribution in [0.1, 0.15) is 51.3 Å². The first-order valence-electron chi connectivity index (χ1n) is 9.59. The number of hydrogen-bond donors (Lipinski definition) is 0. The Kier molecular flexibility index (Phi) is 6.29. The molecule has 3 rings (SSSR count). The Labute approximate surface area is 169 Å². The Balaban J connectivity index is 2.30. The van der Waals surface area contributed by atoms with Crippen LogP contribution in [0.4, 0.5) is 0 Å². The largest absolute Gasteiger partial charge is 0.497 e. The molecule has 0 aliphatic rings. The lowest BCUT2D eigenvalue weighted by molar-refractivity contribution is 0.415. The van der Waals surface area contributed by atoms with E-state index >= 15 is 0 Å². The van der Waals surface area contributed by atoms with Gasteiger partial charge in [-0.05, 0) is 38.0 Å². The Bertz CT molecular complexity index is 1040. The number of nitrogens with zero attached hydrogens (tertiary/aromatic N) is 4. The van der Waals surface area contributed by atoms with Crippen LogP contribution in [0.15, 0.2) is 29.3 Å². The summed E-state index contributed by atoms with van der Waals surface area (Å²) < 4.78 is 7.03. The van der Waals surface area contributed by atoms with Crippen LogP contribution in [0.3, 0.4) is 0 Å². The van der Waals surface area contributed by atoms with E-state index in [0.29, 0.717) is 33.3 Å². The molecule has 0 atom stereocenters. The smallest absolute Gasteiger partial charge is 0.273 e. The van der Waals surface area contributed by atoms with E-state index in [-0.39, 0.29) is 11.6 Å². The van der Waals surface area contributed by atoms with Gasteiger partial charge in [-0.3, -0.25) is 9.36 Å². The quantitative estimate of drug-likeness (QED) is 0.560. The molecule has 0 bridgehead atoms. The second kappa shape index (κ2) is 8.69. The van der Waals surface area contributed by atoms with E-state index in [2.05, 4.69) is 28.8 Å². The highest BCUT2D eigenvalue weighted by Gasteiger charge is 2.21. The Morgan fingerprint density at radius 1 is 1.18 bits per heavy atom. The molecule has 2 aromatic heterocycles. The summed E-state index contributed by atoms with van der Waals surface area (Å²) in [4.78, 5) is 26.4. The summed E-state index contributed by atoms with van der Waals surface area (Å²) in [6, 6.07) is 5.51. The van der Waals surface area contributed by atoms with Crippen molar-refractivity contribution in [3.63, 3.8) is 0 Å². The van der Waals surface area contributed by atoms with Crippen molar-refractivity contribution < 1.29 is 4.74 Å². The van der Waals surface area contributed by atoms with E-state index in [1.54, 1.807) is 24.7 Å². The number of rotatable bonds is 7. The van der Waals surface area contributed by atoms with Crippen molar-refractivity contribution in [2.75, 3.05) is 7.11 Å². The SMILES string of the molecule is CCCC(CCC)n1c(=O)c(C)nc2c(-c3ccc(OC)cc3Cl)ncnc21. The Morgan fingerprint density at radius 2 is 1.89 bits per heavy atom. The normalized spacial score (nSPS) is 11.4. The van der Waals surface area contributed by atoms with E-state index in [1.165, 1.54) is 6.33 Å². The molecule has 0 fully saturated rings. The maximum absolute atomic E-state index is 13.0. The number of hydrogen-bond acceptors (Lipinski definition) is 5. The molecule has 0 N–H and O–H groups in total. The summed E-state index contributed by atoms with van der Waals surface area (Å²) in [6.45, 7) is 5.99. The van der Waals surface area contributed by atoms with Gasteiger partial charge in [-0.25, -0.2) is 15.0 Å². The van der Waals surface area contributed by atoms with E-state index in [1.807, 2.05) is 12.1 Å². The highest BCUT2D eigenvalue weighted by atomic mass is 35.5. The first kappa shape index (κ1) is 20.3. The average molecular weight is 401 g/mol. The van der Waals surface area contributed by atoms with Gasteiger partial charge in [0.05, 0.1) is 12.1 Å². The van der Waals surface area contributed by atoms with Crippen molar-refractivity contribution in [3.05, 3.63) is 45.6 Å². The van der Waals surface area contributed by atoms with Crippen LogP contribution in [0.25, 0.3) is 22.4 Å². The van der Waals surface area contributed by atoms with E-state index in [0.717, 1.165) is 31.2 Å². The number of aromatic nitrogens is 4. The molecule has 0 spiro atoms. The van der Waals surface area contributed by atoms with Crippen LogP contribution in [0, 0.1) is 6.92 Å². The fourth-order valence-corrected chi connectivity index (χ4v) is 3.81. The van der Waals surface area contributed by atoms with Gasteiger partial charge >= 0.3 is 0 Å². The maximum Gasteiger partial charge on any atom is 0.273 e. The zero-order chi connectivity index (χ0) is 20.3. The molecule has 1 aromatic carbocycles. The minimum Gasteiger partial charge on any atom is -0.497 e. The van der Waals surface area contributed by atoms with Crippen LogP contribution >= 0.6 is 11.6 Å². The summed E-state index contributed by atoms with van der Waals surface area (Å²) in [5.41, 5.74) is 2.83. The predicted octanol–water partition coefficient (Wildman–Crippen LogP) is 4.97. The molecule has 0 amide bonds. The van der Waals surface area contributed by atoms with Crippen LogP contribution in [0.5, 0.6) is 5.75 Å². The van der Waals surface area contributed by atoms with Gasteiger partial charge in [-0.2, -0.15) is 0 Å². The monoisotopic (exact) mass is 400 g/mol. The predicted molar refractivity (Wildman–Crippen MR) is 112 cm³/mol. The topological polar surface area (TPSA) is 69.9 Å². The van der Waals surface area contributed by atoms with Crippen molar-refractivity contribution in [1.82, 2.24) is 19.5 Å². The van der Waals surface area contributed by atoms with Crippen molar-refractivity contribution in [3.8, 4) is 17.0 Å². The molecule has 3 aromatic rings. The average Bonchev–Trinajstić information content (AvgIpc) is 2.69. The van der Waals surface area contributed by atoms with E-state index < -0.39 is 0 Å². The summed E-state index contributed by atoms with van der Waals surface area (Å²) in [5.74, 6) is 0.666. The molecule has 148 valence electrons. The molecule has 0 aliphatic heterocycles. The number of methoxy groups -OCH3 is 1. The molecule has 0 aliphatic carbocycles. The number of halogens is 1. The lowest BCUT2D eigenvalue weighted by Crippen LogP contribution is -2.29. The van der Waals surface area contributed by atoms with Gasteiger partial charge in [0.1, 0.15) is 29.0 Å².